The van der Waals surface area contributed by atoms with Gasteiger partial charge in [-0.15, -0.1) is 0 Å². The molecule has 0 spiro atoms. The first kappa shape index (κ1) is 17.0. The maximum atomic E-state index is 12.7. The molecule has 2 amide bonds. The van der Waals surface area contributed by atoms with Gasteiger partial charge in [-0.05, 0) is 31.9 Å². The van der Waals surface area contributed by atoms with Crippen LogP contribution in [0.15, 0.2) is 49.1 Å². The number of carbonyl (C=O) groups is 2. The SMILES string of the molecule is C=CC(=O)N1CCC[C@]1(C)C(=O)NCc1cc(-c2ccccc2)n[nH]1. The van der Waals surface area contributed by atoms with Crippen LogP contribution in [0.4, 0.5) is 0 Å². The topological polar surface area (TPSA) is 78.1 Å². The molecular formula is C19H22N4O2. The van der Waals surface area contributed by atoms with Crippen LogP contribution in [0.25, 0.3) is 11.3 Å². The van der Waals surface area contributed by atoms with E-state index in [1.165, 1.54) is 6.08 Å². The van der Waals surface area contributed by atoms with Crippen molar-refractivity contribution in [2.45, 2.75) is 31.8 Å². The number of hydrogen-bond donors (Lipinski definition) is 2. The van der Waals surface area contributed by atoms with Gasteiger partial charge < -0.3 is 10.2 Å². The van der Waals surface area contributed by atoms with E-state index in [4.69, 9.17) is 0 Å². The molecule has 2 heterocycles. The van der Waals surface area contributed by atoms with Crippen LogP contribution in [-0.4, -0.2) is 39.0 Å². The van der Waals surface area contributed by atoms with Crippen molar-refractivity contribution in [1.29, 1.82) is 0 Å². The molecule has 1 aliphatic heterocycles. The average Bonchev–Trinajstić information content (AvgIpc) is 3.27. The molecule has 1 aromatic heterocycles. The zero-order valence-corrected chi connectivity index (χ0v) is 14.3. The number of hydrogen-bond acceptors (Lipinski definition) is 3. The number of H-pyrrole nitrogens is 1. The second kappa shape index (κ2) is 6.93. The van der Waals surface area contributed by atoms with Crippen molar-refractivity contribution in [1.82, 2.24) is 20.4 Å². The lowest BCUT2D eigenvalue weighted by Crippen LogP contribution is -2.54. The highest BCUT2D eigenvalue weighted by Crippen LogP contribution is 2.29. The summed E-state index contributed by atoms with van der Waals surface area (Å²) in [6, 6.07) is 11.7. The Bertz CT molecular complexity index is 784. The molecule has 0 radical (unpaired) electrons. The molecule has 0 aliphatic carbocycles. The van der Waals surface area contributed by atoms with Crippen molar-refractivity contribution in [3.8, 4) is 11.3 Å². The van der Waals surface area contributed by atoms with Gasteiger partial charge in [-0.3, -0.25) is 14.7 Å². The highest BCUT2D eigenvalue weighted by molar-refractivity contribution is 5.95. The van der Waals surface area contributed by atoms with Crippen LogP contribution >= 0.6 is 0 Å². The van der Waals surface area contributed by atoms with Gasteiger partial charge in [0, 0.05) is 12.1 Å². The van der Waals surface area contributed by atoms with Gasteiger partial charge >= 0.3 is 0 Å². The summed E-state index contributed by atoms with van der Waals surface area (Å²) in [4.78, 5) is 26.2. The van der Waals surface area contributed by atoms with Gasteiger partial charge in [0.1, 0.15) is 5.54 Å². The Morgan fingerprint density at radius 1 is 1.40 bits per heavy atom. The van der Waals surface area contributed by atoms with Gasteiger partial charge in [-0.2, -0.15) is 5.10 Å². The predicted octanol–water partition coefficient (Wildman–Crippen LogP) is 2.26. The first-order valence-electron chi connectivity index (χ1n) is 8.36. The molecule has 1 fully saturated rings. The highest BCUT2D eigenvalue weighted by atomic mass is 16.2. The molecule has 3 rings (SSSR count). The number of carbonyl (C=O) groups excluding carboxylic acids is 2. The molecule has 25 heavy (non-hydrogen) atoms. The Labute approximate surface area is 146 Å². The lowest BCUT2D eigenvalue weighted by atomic mass is 9.97. The number of nitrogens with zero attached hydrogens (tertiary/aromatic N) is 2. The predicted molar refractivity (Wildman–Crippen MR) is 95.4 cm³/mol. The maximum Gasteiger partial charge on any atom is 0.246 e. The summed E-state index contributed by atoms with van der Waals surface area (Å²) in [5.41, 5.74) is 1.84. The summed E-state index contributed by atoms with van der Waals surface area (Å²) < 4.78 is 0. The van der Waals surface area contributed by atoms with Crippen LogP contribution in [0, 0.1) is 0 Å². The van der Waals surface area contributed by atoms with Crippen molar-refractivity contribution in [3.63, 3.8) is 0 Å². The standard InChI is InChI=1S/C19H22N4O2/c1-3-17(24)23-11-7-10-19(23,2)18(25)20-13-15-12-16(22-21-15)14-8-5-4-6-9-14/h3-6,8-9,12H,1,7,10-11,13H2,2H3,(H,20,25)(H,21,22)/t19-/m1/s1. The van der Waals surface area contributed by atoms with E-state index in [0.717, 1.165) is 23.4 Å². The van der Waals surface area contributed by atoms with E-state index >= 15 is 0 Å². The molecule has 6 nitrogen and oxygen atoms in total. The number of amides is 2. The van der Waals surface area contributed by atoms with Crippen LogP contribution in [0.3, 0.4) is 0 Å². The third-order valence-corrected chi connectivity index (χ3v) is 4.71. The van der Waals surface area contributed by atoms with Crippen LogP contribution < -0.4 is 5.32 Å². The van der Waals surface area contributed by atoms with E-state index in [2.05, 4.69) is 22.1 Å². The Hall–Kier alpha value is -2.89. The van der Waals surface area contributed by atoms with Crippen LogP contribution in [0.1, 0.15) is 25.5 Å². The van der Waals surface area contributed by atoms with Crippen molar-refractivity contribution in [2.75, 3.05) is 6.54 Å². The third-order valence-electron chi connectivity index (χ3n) is 4.71. The second-order valence-electron chi connectivity index (χ2n) is 6.40. The fourth-order valence-electron chi connectivity index (χ4n) is 3.24. The van der Waals surface area contributed by atoms with Crippen molar-refractivity contribution in [2.24, 2.45) is 0 Å². The molecular weight excluding hydrogens is 316 g/mol. The molecule has 1 atom stereocenters. The summed E-state index contributed by atoms with van der Waals surface area (Å²) in [5.74, 6) is -0.362. The first-order chi connectivity index (χ1) is 12.0. The van der Waals surface area contributed by atoms with E-state index in [1.807, 2.05) is 36.4 Å². The Morgan fingerprint density at radius 2 is 2.16 bits per heavy atom. The zero-order valence-electron chi connectivity index (χ0n) is 14.3. The van der Waals surface area contributed by atoms with Gasteiger partial charge in [0.2, 0.25) is 11.8 Å². The van der Waals surface area contributed by atoms with Crippen LogP contribution in [0.5, 0.6) is 0 Å². The molecule has 2 aromatic rings. The smallest absolute Gasteiger partial charge is 0.246 e. The van der Waals surface area contributed by atoms with Gasteiger partial charge in [-0.25, -0.2) is 0 Å². The summed E-state index contributed by atoms with van der Waals surface area (Å²) in [6.07, 6.45) is 2.72. The van der Waals surface area contributed by atoms with Gasteiger partial charge in [0.25, 0.3) is 0 Å². The van der Waals surface area contributed by atoms with Crippen LogP contribution in [-0.2, 0) is 16.1 Å². The number of aromatic amines is 1. The maximum absolute atomic E-state index is 12.7. The summed E-state index contributed by atoms with van der Waals surface area (Å²) in [5, 5.41) is 10.1. The quantitative estimate of drug-likeness (QED) is 0.821. The normalized spacial score (nSPS) is 19.6. The monoisotopic (exact) mass is 338 g/mol. The van der Waals surface area contributed by atoms with Crippen molar-refractivity contribution in [3.05, 3.63) is 54.7 Å². The average molecular weight is 338 g/mol. The minimum atomic E-state index is -0.826. The minimum absolute atomic E-state index is 0.156. The molecule has 0 saturated carbocycles. The van der Waals surface area contributed by atoms with Crippen LogP contribution in [0.2, 0.25) is 0 Å². The fourth-order valence-corrected chi connectivity index (χ4v) is 3.24. The highest BCUT2D eigenvalue weighted by Gasteiger charge is 2.44. The number of nitrogens with one attached hydrogen (secondary N) is 2. The minimum Gasteiger partial charge on any atom is -0.348 e. The third kappa shape index (κ3) is 3.33. The van der Waals surface area contributed by atoms with Crippen molar-refractivity contribution >= 4 is 11.8 Å². The molecule has 2 N–H and O–H groups in total. The Kier molecular flexibility index (Phi) is 4.70. The number of rotatable bonds is 5. The fraction of sp³-hybridized carbons (Fsp3) is 0.316. The van der Waals surface area contributed by atoms with E-state index in [1.54, 1.807) is 11.8 Å². The van der Waals surface area contributed by atoms with E-state index in [9.17, 15) is 9.59 Å². The zero-order chi connectivity index (χ0) is 17.9. The molecule has 1 aromatic carbocycles. The van der Waals surface area contributed by atoms with E-state index < -0.39 is 5.54 Å². The second-order valence-corrected chi connectivity index (χ2v) is 6.40. The molecule has 0 unspecified atom stereocenters. The lowest BCUT2D eigenvalue weighted by molar-refractivity contribution is -0.141. The van der Waals surface area contributed by atoms with E-state index in [0.29, 0.717) is 19.5 Å². The Balaban J connectivity index is 1.65. The van der Waals surface area contributed by atoms with Gasteiger partial charge in [-0.1, -0.05) is 36.9 Å². The molecule has 6 heteroatoms. The summed E-state index contributed by atoms with van der Waals surface area (Å²) in [7, 11) is 0. The summed E-state index contributed by atoms with van der Waals surface area (Å²) >= 11 is 0. The van der Waals surface area contributed by atoms with Crippen molar-refractivity contribution < 1.29 is 9.59 Å². The molecule has 1 aliphatic rings. The lowest BCUT2D eigenvalue weighted by Gasteiger charge is -2.33. The number of likely N-dealkylation sites (tertiary alicyclic amines) is 1. The number of aromatic nitrogens is 2. The number of benzene rings is 1. The van der Waals surface area contributed by atoms with Gasteiger partial charge in [0.05, 0.1) is 17.9 Å². The van der Waals surface area contributed by atoms with Gasteiger partial charge in [0.15, 0.2) is 0 Å². The molecule has 130 valence electrons. The Morgan fingerprint density at radius 3 is 2.88 bits per heavy atom. The summed E-state index contributed by atoms with van der Waals surface area (Å²) in [6.45, 7) is 6.24. The van der Waals surface area contributed by atoms with E-state index in [-0.39, 0.29) is 11.8 Å². The molecule has 1 saturated heterocycles. The first-order valence-corrected chi connectivity index (χ1v) is 8.36. The molecule has 0 bridgehead atoms. The largest absolute Gasteiger partial charge is 0.348 e.